The molecule has 228 valence electrons. The van der Waals surface area contributed by atoms with Gasteiger partial charge in [0.25, 0.3) is 0 Å². The van der Waals surface area contributed by atoms with Gasteiger partial charge in [-0.15, -0.1) is 0 Å². The second-order valence-electron chi connectivity index (χ2n) is 12.5. The zero-order chi connectivity index (χ0) is 30.9. The first kappa shape index (κ1) is 28.4. The van der Waals surface area contributed by atoms with Gasteiger partial charge in [-0.05, 0) is 81.3 Å². The molecule has 0 N–H and O–H groups in total. The van der Waals surface area contributed by atoms with Gasteiger partial charge in [-0.3, -0.25) is 0 Å². The minimum Gasteiger partial charge on any atom is -0.489 e. The Bertz CT molecular complexity index is 1930. The third-order valence-electron chi connectivity index (χ3n) is 9.60. The van der Waals surface area contributed by atoms with E-state index in [1.54, 1.807) is 0 Å². The number of ether oxygens (including phenoxy) is 3. The fraction of sp³-hybridized carbons (Fsp3) is 0.214. The summed E-state index contributed by atoms with van der Waals surface area (Å²) in [6.45, 7) is 0.350. The maximum Gasteiger partial charge on any atom is 0.338 e. The molecule has 4 heteroatoms. The van der Waals surface area contributed by atoms with Crippen molar-refractivity contribution in [1.29, 1.82) is 0 Å². The Hall–Kier alpha value is -5.09. The van der Waals surface area contributed by atoms with Crippen molar-refractivity contribution in [3.63, 3.8) is 0 Å². The Kier molecular flexibility index (Phi) is 7.63. The largest absolute Gasteiger partial charge is 0.489 e. The minimum absolute atomic E-state index is 0.175. The van der Waals surface area contributed by atoms with E-state index in [4.69, 9.17) is 14.2 Å². The SMILES string of the molecule is O=C(OC1COc2ccc3ccccc3c2-c2c(ccc3ccccc23)OC1)c1ccc(-c2ccc(C3CCCCC3)cc2)cc1. The van der Waals surface area contributed by atoms with Crippen molar-refractivity contribution in [2.75, 3.05) is 13.2 Å². The number of esters is 1. The lowest BCUT2D eigenvalue weighted by Gasteiger charge is -2.22. The summed E-state index contributed by atoms with van der Waals surface area (Å²) < 4.78 is 18.9. The molecule has 46 heavy (non-hydrogen) atoms. The van der Waals surface area contributed by atoms with Gasteiger partial charge in [0.15, 0.2) is 6.10 Å². The number of carbonyl (C=O) groups is 1. The van der Waals surface area contributed by atoms with Crippen molar-refractivity contribution in [3.8, 4) is 33.8 Å². The van der Waals surface area contributed by atoms with E-state index in [0.29, 0.717) is 11.5 Å². The topological polar surface area (TPSA) is 44.8 Å². The molecule has 0 bridgehead atoms. The summed E-state index contributed by atoms with van der Waals surface area (Å²) in [4.78, 5) is 13.4. The second-order valence-corrected chi connectivity index (χ2v) is 12.5. The first-order valence-electron chi connectivity index (χ1n) is 16.4. The maximum absolute atomic E-state index is 13.4. The average Bonchev–Trinajstić information content (AvgIpc) is 3.20. The van der Waals surface area contributed by atoms with Crippen LogP contribution in [0.5, 0.6) is 11.5 Å². The zero-order valence-corrected chi connectivity index (χ0v) is 25.8. The minimum atomic E-state index is -0.601. The summed E-state index contributed by atoms with van der Waals surface area (Å²) >= 11 is 0. The van der Waals surface area contributed by atoms with Gasteiger partial charge < -0.3 is 14.2 Å². The molecule has 0 saturated heterocycles. The Morgan fingerprint density at radius 3 is 1.65 bits per heavy atom. The zero-order valence-electron chi connectivity index (χ0n) is 25.8. The summed E-state index contributed by atoms with van der Waals surface area (Å²) in [6, 6.07) is 41.4. The molecular weight excluding hydrogens is 568 g/mol. The molecule has 1 aliphatic carbocycles. The van der Waals surface area contributed by atoms with Crippen LogP contribution in [0.3, 0.4) is 0 Å². The molecule has 0 aromatic heterocycles. The van der Waals surface area contributed by atoms with Crippen LogP contribution in [0.1, 0.15) is 53.9 Å². The number of fused-ring (bicyclic) bond motifs is 7. The quantitative estimate of drug-likeness (QED) is 0.188. The van der Waals surface area contributed by atoms with Gasteiger partial charge in [0.1, 0.15) is 24.7 Å². The van der Waals surface area contributed by atoms with Crippen molar-refractivity contribution in [2.45, 2.75) is 44.1 Å². The molecule has 0 atom stereocenters. The van der Waals surface area contributed by atoms with E-state index in [-0.39, 0.29) is 13.2 Å². The normalized spacial score (nSPS) is 15.5. The fourth-order valence-electron chi connectivity index (χ4n) is 7.14. The molecule has 0 amide bonds. The Morgan fingerprint density at radius 2 is 1.09 bits per heavy atom. The third-order valence-corrected chi connectivity index (χ3v) is 9.60. The van der Waals surface area contributed by atoms with Gasteiger partial charge in [0.2, 0.25) is 0 Å². The third kappa shape index (κ3) is 5.49. The summed E-state index contributed by atoms with van der Waals surface area (Å²) in [6.07, 6.45) is 6.01. The highest BCUT2D eigenvalue weighted by atomic mass is 16.6. The highest BCUT2D eigenvalue weighted by Crippen LogP contribution is 2.46. The average molecular weight is 605 g/mol. The number of hydrogen-bond donors (Lipinski definition) is 0. The predicted octanol–water partition coefficient (Wildman–Crippen LogP) is 10.4. The van der Waals surface area contributed by atoms with E-state index in [9.17, 15) is 4.79 Å². The summed E-state index contributed by atoms with van der Waals surface area (Å²) in [5, 5.41) is 4.41. The van der Waals surface area contributed by atoms with Crippen molar-refractivity contribution >= 4 is 27.5 Å². The Balaban J connectivity index is 1.04. The maximum atomic E-state index is 13.4. The van der Waals surface area contributed by atoms with E-state index in [0.717, 1.165) is 55.3 Å². The molecule has 0 spiro atoms. The molecule has 1 fully saturated rings. The Morgan fingerprint density at radius 1 is 0.565 bits per heavy atom. The number of rotatable bonds is 4. The summed E-state index contributed by atoms with van der Waals surface area (Å²) in [5.74, 6) is 1.77. The number of hydrogen-bond acceptors (Lipinski definition) is 4. The smallest absolute Gasteiger partial charge is 0.338 e. The molecular formula is C42H36O4. The van der Waals surface area contributed by atoms with E-state index >= 15 is 0 Å². The van der Waals surface area contributed by atoms with Crippen LogP contribution in [0.2, 0.25) is 0 Å². The van der Waals surface area contributed by atoms with Crippen molar-refractivity contribution in [3.05, 3.63) is 132 Å². The predicted molar refractivity (Wildman–Crippen MR) is 185 cm³/mol. The molecule has 1 saturated carbocycles. The second kappa shape index (κ2) is 12.4. The van der Waals surface area contributed by atoms with Crippen molar-refractivity contribution < 1.29 is 19.0 Å². The van der Waals surface area contributed by atoms with E-state index < -0.39 is 12.1 Å². The van der Waals surface area contributed by atoms with Gasteiger partial charge in [-0.1, -0.05) is 116 Å². The van der Waals surface area contributed by atoms with Gasteiger partial charge in [0.05, 0.1) is 5.56 Å². The standard InChI is InChI=1S/C42H36O4/c43-42(34-20-18-31(19-21-34)30-16-14-29(15-17-30)28-8-2-1-3-9-28)46-35-26-44-38-24-22-32-10-4-6-12-36(32)40(38)41-37-13-7-5-11-33(37)23-25-39(41)45-27-35/h4-7,10-25,28,35H,1-3,8-9,26-27H2. The molecule has 6 aromatic carbocycles. The molecule has 0 unspecified atom stereocenters. The van der Waals surface area contributed by atoms with Crippen LogP contribution in [-0.4, -0.2) is 25.3 Å². The van der Waals surface area contributed by atoms with E-state index in [1.165, 1.54) is 37.7 Å². The lowest BCUT2D eigenvalue weighted by molar-refractivity contribution is 0.00320. The number of carbonyl (C=O) groups excluding carboxylic acids is 1. The van der Waals surface area contributed by atoms with Crippen LogP contribution in [0.15, 0.2) is 121 Å². The lowest BCUT2D eigenvalue weighted by atomic mass is 9.84. The van der Waals surface area contributed by atoms with E-state index in [1.807, 2.05) is 60.7 Å². The molecule has 1 aliphatic heterocycles. The van der Waals surface area contributed by atoms with E-state index in [2.05, 4.69) is 60.7 Å². The lowest BCUT2D eigenvalue weighted by Crippen LogP contribution is -2.31. The van der Waals surface area contributed by atoms with Gasteiger partial charge >= 0.3 is 5.97 Å². The van der Waals surface area contributed by atoms with Crippen LogP contribution in [0.25, 0.3) is 43.8 Å². The van der Waals surface area contributed by atoms with Crippen LogP contribution < -0.4 is 9.47 Å². The van der Waals surface area contributed by atoms with Crippen LogP contribution >= 0.6 is 0 Å². The monoisotopic (exact) mass is 604 g/mol. The van der Waals surface area contributed by atoms with Gasteiger partial charge in [0, 0.05) is 11.1 Å². The molecule has 0 radical (unpaired) electrons. The van der Waals surface area contributed by atoms with Crippen LogP contribution in [0.4, 0.5) is 0 Å². The van der Waals surface area contributed by atoms with Crippen molar-refractivity contribution in [2.24, 2.45) is 0 Å². The fourth-order valence-corrected chi connectivity index (χ4v) is 7.14. The molecule has 1 heterocycles. The van der Waals surface area contributed by atoms with Crippen molar-refractivity contribution in [1.82, 2.24) is 0 Å². The molecule has 6 aromatic rings. The first-order chi connectivity index (χ1) is 22.7. The Labute approximate surface area is 269 Å². The first-order valence-corrected chi connectivity index (χ1v) is 16.4. The number of benzene rings is 6. The van der Waals surface area contributed by atoms with Gasteiger partial charge in [-0.2, -0.15) is 0 Å². The molecule has 2 aliphatic rings. The highest BCUT2D eigenvalue weighted by molar-refractivity contribution is 6.09. The summed E-state index contributed by atoms with van der Waals surface area (Å²) in [5.41, 5.74) is 6.14. The highest BCUT2D eigenvalue weighted by Gasteiger charge is 2.25. The summed E-state index contributed by atoms with van der Waals surface area (Å²) in [7, 11) is 0. The molecule has 8 rings (SSSR count). The molecule has 4 nitrogen and oxygen atoms in total. The van der Waals surface area contributed by atoms with Crippen LogP contribution in [0, 0.1) is 0 Å². The van der Waals surface area contributed by atoms with Gasteiger partial charge in [-0.25, -0.2) is 4.79 Å². The van der Waals surface area contributed by atoms with Crippen LogP contribution in [-0.2, 0) is 4.74 Å².